The van der Waals surface area contributed by atoms with Gasteiger partial charge in [-0.2, -0.15) is 0 Å². The molecule has 78 heavy (non-hydrogen) atoms. The number of methoxy groups -OCH3 is 2. The number of unbranched alkanes of at least 4 members (excludes halogenated alkanes) is 2. The van der Waals surface area contributed by atoms with Gasteiger partial charge in [0.2, 0.25) is 0 Å². The fraction of sp³-hybridized carbons (Fsp3) is 0.229. The van der Waals surface area contributed by atoms with Crippen molar-refractivity contribution in [1.29, 1.82) is 0 Å². The van der Waals surface area contributed by atoms with E-state index in [2.05, 4.69) is 221 Å². The highest BCUT2D eigenvalue weighted by atomic mass is 32.1. The summed E-state index contributed by atoms with van der Waals surface area (Å²) in [5, 5.41) is 2.51. The van der Waals surface area contributed by atoms with E-state index in [9.17, 15) is 9.59 Å². The van der Waals surface area contributed by atoms with Gasteiger partial charge in [-0.15, -0.1) is 22.7 Å². The summed E-state index contributed by atoms with van der Waals surface area (Å²) in [6.45, 7) is 13.2. The fourth-order valence-electron chi connectivity index (χ4n) is 10.9. The molecule has 2 aromatic heterocycles. The maximum atomic E-state index is 11.7. The molecule has 0 amide bonds. The summed E-state index contributed by atoms with van der Waals surface area (Å²) in [7, 11) is 2.90. The van der Waals surface area contributed by atoms with Crippen LogP contribution in [0.25, 0.3) is 52.2 Å². The van der Waals surface area contributed by atoms with Crippen LogP contribution in [0.5, 0.6) is 0 Å². The Morgan fingerprint density at radius 3 is 1.09 bits per heavy atom. The van der Waals surface area contributed by atoms with E-state index in [0.29, 0.717) is 12.8 Å². The lowest BCUT2D eigenvalue weighted by Crippen LogP contribution is -2.10. The molecule has 8 heteroatoms. The van der Waals surface area contributed by atoms with Crippen LogP contribution in [0.15, 0.2) is 170 Å². The Balaban J connectivity index is 0.983. The van der Waals surface area contributed by atoms with Gasteiger partial charge in [0, 0.05) is 66.1 Å². The van der Waals surface area contributed by atoms with Gasteiger partial charge in [0.15, 0.2) is 0 Å². The number of hydrogen-bond acceptors (Lipinski definition) is 8. The van der Waals surface area contributed by atoms with Gasteiger partial charge in [-0.05, 0) is 231 Å². The van der Waals surface area contributed by atoms with E-state index < -0.39 is 0 Å². The molecule has 0 saturated carbocycles. The minimum absolute atomic E-state index is 0.154. The molecule has 0 fully saturated rings. The molecule has 394 valence electrons. The van der Waals surface area contributed by atoms with Gasteiger partial charge in [0.25, 0.3) is 0 Å². The summed E-state index contributed by atoms with van der Waals surface area (Å²) in [6, 6.07) is 63.0. The molecule has 0 N–H and O–H groups in total. The molecule has 0 atom stereocenters. The normalized spacial score (nSPS) is 11.3. The van der Waals surface area contributed by atoms with Crippen molar-refractivity contribution < 1.29 is 19.1 Å². The van der Waals surface area contributed by atoms with Crippen molar-refractivity contribution in [3.05, 3.63) is 214 Å². The van der Waals surface area contributed by atoms with E-state index in [0.717, 1.165) is 72.6 Å². The maximum Gasteiger partial charge on any atom is 0.305 e. The third-order valence-corrected chi connectivity index (χ3v) is 17.9. The lowest BCUT2D eigenvalue weighted by atomic mass is 9.98. The number of ether oxygens (including phenoxy) is 2. The zero-order chi connectivity index (χ0) is 54.5. The van der Waals surface area contributed by atoms with Gasteiger partial charge in [-0.1, -0.05) is 96.1 Å². The van der Waals surface area contributed by atoms with Crippen LogP contribution in [0.2, 0.25) is 0 Å². The predicted octanol–water partition coefficient (Wildman–Crippen LogP) is 19.7. The van der Waals surface area contributed by atoms with E-state index in [1.54, 1.807) is 0 Å². The molecule has 0 saturated heterocycles. The third kappa shape index (κ3) is 11.7. The molecule has 0 bridgehead atoms. The number of carbonyl (C=O) groups is 2. The molecule has 0 spiro atoms. The third-order valence-electron chi connectivity index (χ3n) is 15.2. The molecule has 0 aliphatic carbocycles. The first-order valence-corrected chi connectivity index (χ1v) is 28.8. The number of aryl methyl sites for hydroxylation is 8. The number of thiophene rings is 2. The number of hydrogen-bond donors (Lipinski definition) is 0. The Labute approximate surface area is 468 Å². The SMILES string of the molecule is COC(=O)CCCCc1ccc(N(c2ccc(-c3ccc(C)cc3C)cc2)c2ccc3sc(-c4sc5ccc(N(c6ccc(CCCCC(=O)OC)cc6)c6ccc(-c7ccc(C)cc7C)cc6)cc5c4C)c(C)c3c2)cc1. The van der Waals surface area contributed by atoms with Crippen LogP contribution in [0, 0.1) is 41.5 Å². The summed E-state index contributed by atoms with van der Waals surface area (Å²) in [6.07, 6.45) is 6.16. The predicted molar refractivity (Wildman–Crippen MR) is 330 cm³/mol. The molecule has 2 heterocycles. The molecular weight excluding hydrogens is 997 g/mol. The summed E-state index contributed by atoms with van der Waals surface area (Å²) in [4.78, 5) is 30.9. The first-order chi connectivity index (χ1) is 37.8. The van der Waals surface area contributed by atoms with Crippen LogP contribution < -0.4 is 9.80 Å². The Hall–Kier alpha value is -7.78. The molecule has 10 rings (SSSR count). The summed E-state index contributed by atoms with van der Waals surface area (Å²) in [5.41, 5.74) is 21.6. The largest absolute Gasteiger partial charge is 0.469 e. The molecule has 6 nitrogen and oxygen atoms in total. The summed E-state index contributed by atoms with van der Waals surface area (Å²) < 4.78 is 12.3. The van der Waals surface area contributed by atoms with Gasteiger partial charge < -0.3 is 19.3 Å². The molecule has 0 aliphatic rings. The van der Waals surface area contributed by atoms with Crippen molar-refractivity contribution >= 4 is 88.9 Å². The maximum absolute atomic E-state index is 11.7. The highest BCUT2D eigenvalue weighted by Crippen LogP contribution is 2.49. The Bertz CT molecular complexity index is 3510. The zero-order valence-corrected chi connectivity index (χ0v) is 47.8. The number of carbonyl (C=O) groups excluding carboxylic acids is 2. The number of anilines is 6. The van der Waals surface area contributed by atoms with Gasteiger partial charge in [0.1, 0.15) is 0 Å². The van der Waals surface area contributed by atoms with E-state index in [-0.39, 0.29) is 11.9 Å². The highest BCUT2D eigenvalue weighted by molar-refractivity contribution is 7.28. The van der Waals surface area contributed by atoms with Crippen molar-refractivity contribution in [3.63, 3.8) is 0 Å². The van der Waals surface area contributed by atoms with Crippen LogP contribution in [0.3, 0.4) is 0 Å². The van der Waals surface area contributed by atoms with Crippen LogP contribution >= 0.6 is 22.7 Å². The monoisotopic (exact) mass is 1060 g/mol. The number of fused-ring (bicyclic) bond motifs is 2. The van der Waals surface area contributed by atoms with Crippen LogP contribution in [0.4, 0.5) is 34.1 Å². The van der Waals surface area contributed by atoms with Gasteiger partial charge in [-0.25, -0.2) is 0 Å². The van der Waals surface area contributed by atoms with Crippen LogP contribution in [-0.4, -0.2) is 26.2 Å². The minimum Gasteiger partial charge on any atom is -0.469 e. The van der Waals surface area contributed by atoms with E-state index in [1.807, 2.05) is 22.7 Å². The van der Waals surface area contributed by atoms with Crippen molar-refractivity contribution in [1.82, 2.24) is 0 Å². The van der Waals surface area contributed by atoms with Crippen LogP contribution in [-0.2, 0) is 31.9 Å². The number of esters is 2. The van der Waals surface area contributed by atoms with Crippen LogP contribution in [0.1, 0.15) is 83.0 Å². The standard InChI is InChI=1S/C70H68N2O4S2/c1-45-17-37-61(47(3)41-45)53-23-31-57(32-24-53)71(55-27-19-51(20-28-55)13-9-11-15-67(73)75-7)59-35-39-65-63(43-59)49(5)69(77-65)70-50(6)64-44-60(36-40-66(64)78-70)72(56-29-21-52(22-30-56)14-10-12-16-68(74)76-8)58-33-25-54(26-34-58)62-38-18-46(2)42-48(62)4/h17-44H,9-16H2,1-8H3. The second kappa shape index (κ2) is 23.9. The van der Waals surface area contributed by atoms with Gasteiger partial charge >= 0.3 is 11.9 Å². The lowest BCUT2D eigenvalue weighted by Gasteiger charge is -2.26. The van der Waals surface area contributed by atoms with E-state index >= 15 is 0 Å². The molecule has 8 aromatic carbocycles. The Kier molecular flexibility index (Phi) is 16.4. The average Bonchev–Trinajstić information content (AvgIpc) is 4.15. The first-order valence-electron chi connectivity index (χ1n) is 27.2. The second-order valence-corrected chi connectivity index (χ2v) is 22.9. The average molecular weight is 1070 g/mol. The van der Waals surface area contributed by atoms with Crippen molar-refractivity contribution in [2.75, 3.05) is 24.0 Å². The summed E-state index contributed by atoms with van der Waals surface area (Å²) in [5.74, 6) is -0.308. The summed E-state index contributed by atoms with van der Waals surface area (Å²) >= 11 is 3.76. The topological polar surface area (TPSA) is 59.1 Å². The molecule has 10 aromatic rings. The molecule has 0 unspecified atom stereocenters. The zero-order valence-electron chi connectivity index (χ0n) is 46.2. The molecular formula is C70H68N2O4S2. The molecule has 0 radical (unpaired) electrons. The smallest absolute Gasteiger partial charge is 0.305 e. The van der Waals surface area contributed by atoms with Crippen molar-refractivity contribution in [2.45, 2.75) is 92.9 Å². The van der Waals surface area contributed by atoms with E-state index in [4.69, 9.17) is 9.47 Å². The number of benzene rings is 8. The second-order valence-electron chi connectivity index (χ2n) is 20.8. The lowest BCUT2D eigenvalue weighted by molar-refractivity contribution is -0.141. The van der Waals surface area contributed by atoms with Crippen molar-refractivity contribution in [2.24, 2.45) is 0 Å². The van der Waals surface area contributed by atoms with Gasteiger partial charge in [-0.3, -0.25) is 9.59 Å². The first kappa shape index (κ1) is 53.6. The Morgan fingerprint density at radius 2 is 0.744 bits per heavy atom. The highest BCUT2D eigenvalue weighted by Gasteiger charge is 2.22. The van der Waals surface area contributed by atoms with Crippen molar-refractivity contribution in [3.8, 4) is 32.0 Å². The Morgan fingerprint density at radius 1 is 0.397 bits per heavy atom. The fourth-order valence-corrected chi connectivity index (χ4v) is 13.5. The number of rotatable bonds is 19. The van der Waals surface area contributed by atoms with E-state index in [1.165, 1.54) is 111 Å². The quantitative estimate of drug-likeness (QED) is 0.0594. The van der Waals surface area contributed by atoms with Gasteiger partial charge in [0.05, 0.1) is 14.2 Å². The molecule has 0 aliphatic heterocycles. The minimum atomic E-state index is -0.154. The number of nitrogens with zero attached hydrogens (tertiary/aromatic N) is 2.